The highest BCUT2D eigenvalue weighted by atomic mass is 19.3. The molecule has 1 N–H and O–H groups in total. The van der Waals surface area contributed by atoms with E-state index in [-0.39, 0.29) is 28.4 Å². The first-order chi connectivity index (χ1) is 15.6. The van der Waals surface area contributed by atoms with Crippen molar-refractivity contribution < 1.29 is 31.9 Å². The van der Waals surface area contributed by atoms with Gasteiger partial charge >= 0.3 is 6.61 Å². The molecule has 33 heavy (non-hydrogen) atoms. The minimum absolute atomic E-state index is 0.0810. The number of halogens is 4. The lowest BCUT2D eigenvalue weighted by atomic mass is 10.0. The van der Waals surface area contributed by atoms with Crippen molar-refractivity contribution in [3.63, 3.8) is 0 Å². The molecule has 0 aliphatic heterocycles. The Morgan fingerprint density at radius 3 is 2.45 bits per heavy atom. The van der Waals surface area contributed by atoms with Crippen LogP contribution in [0.5, 0.6) is 5.75 Å². The molecule has 1 aliphatic carbocycles. The van der Waals surface area contributed by atoms with E-state index >= 15 is 0 Å². The summed E-state index contributed by atoms with van der Waals surface area (Å²) < 4.78 is 57.5. The molecule has 0 bridgehead atoms. The highest BCUT2D eigenvalue weighted by Crippen LogP contribution is 2.49. The molecule has 1 fully saturated rings. The van der Waals surface area contributed by atoms with Gasteiger partial charge in [0.15, 0.2) is 0 Å². The van der Waals surface area contributed by atoms with Crippen molar-refractivity contribution in [2.24, 2.45) is 16.9 Å². The number of alkyl halides is 4. The van der Waals surface area contributed by atoms with E-state index in [2.05, 4.69) is 15.2 Å². The molecular weight excluding hydrogens is 442 g/mol. The topological polar surface area (TPSA) is 71.0 Å². The molecule has 0 saturated heterocycles. The van der Waals surface area contributed by atoms with Crippen LogP contribution in [0.15, 0.2) is 53.6 Å². The first-order valence-electron chi connectivity index (χ1n) is 10.3. The first kappa shape index (κ1) is 24.2. The minimum Gasteiger partial charge on any atom is -0.435 e. The van der Waals surface area contributed by atoms with Gasteiger partial charge in [-0.25, -0.2) is 13.8 Å². The van der Waals surface area contributed by atoms with Crippen LogP contribution in [0.4, 0.5) is 28.9 Å². The molecule has 1 unspecified atom stereocenters. The quantitative estimate of drug-likeness (QED) is 0.221. The van der Waals surface area contributed by atoms with Gasteiger partial charge in [0.1, 0.15) is 5.75 Å². The summed E-state index contributed by atoms with van der Waals surface area (Å²) in [5, 5.41) is 7.67. The fourth-order valence-corrected chi connectivity index (χ4v) is 3.11. The molecule has 1 atom stereocenters. The molecule has 2 amide bonds. The first-order valence-corrected chi connectivity index (χ1v) is 10.3. The summed E-state index contributed by atoms with van der Waals surface area (Å²) >= 11 is 0. The number of hydrazone groups is 1. The van der Waals surface area contributed by atoms with Crippen molar-refractivity contribution in [2.75, 3.05) is 10.3 Å². The number of amides is 2. The monoisotopic (exact) mass is 465 g/mol. The number of benzene rings is 2. The van der Waals surface area contributed by atoms with Crippen LogP contribution in [0.1, 0.15) is 32.3 Å². The van der Waals surface area contributed by atoms with Gasteiger partial charge in [-0.3, -0.25) is 9.59 Å². The molecule has 2 aromatic rings. The van der Waals surface area contributed by atoms with Gasteiger partial charge in [0.05, 0.1) is 11.6 Å². The summed E-state index contributed by atoms with van der Waals surface area (Å²) in [7, 11) is 0. The van der Waals surface area contributed by atoms with E-state index in [4.69, 9.17) is 0 Å². The number of hydrogen-bond donors (Lipinski definition) is 1. The number of anilines is 2. The van der Waals surface area contributed by atoms with Crippen LogP contribution < -0.4 is 15.1 Å². The molecule has 0 spiro atoms. The smallest absolute Gasteiger partial charge is 0.387 e. The van der Waals surface area contributed by atoms with E-state index in [0.717, 1.165) is 5.01 Å². The predicted octanol–water partition coefficient (Wildman–Crippen LogP) is 5.40. The second-order valence-electron chi connectivity index (χ2n) is 7.75. The lowest BCUT2D eigenvalue weighted by Crippen LogP contribution is -2.28. The molecule has 6 nitrogen and oxygen atoms in total. The van der Waals surface area contributed by atoms with Crippen LogP contribution in [0.25, 0.3) is 0 Å². The Morgan fingerprint density at radius 1 is 1.21 bits per heavy atom. The minimum atomic E-state index is -2.97. The summed E-state index contributed by atoms with van der Waals surface area (Å²) in [5.74, 6) is -4.97. The van der Waals surface area contributed by atoms with Gasteiger partial charge in [0.2, 0.25) is 12.3 Å². The average Bonchev–Trinajstić information content (AvgIpc) is 3.63. The molecule has 1 saturated carbocycles. The largest absolute Gasteiger partial charge is 0.435 e. The Kier molecular flexibility index (Phi) is 7.35. The molecular formula is C23H23F4N3O3. The van der Waals surface area contributed by atoms with Gasteiger partial charge in [0.25, 0.3) is 5.92 Å². The Morgan fingerprint density at radius 2 is 1.88 bits per heavy atom. The SMILES string of the molecule is C/C(=N/N(C=O)c1ccc(OC(F)F)cc1)C(C)C(=O)Nc1cccc(C(F)(F)C2CC2)c1. The van der Waals surface area contributed by atoms with E-state index in [9.17, 15) is 27.2 Å². The van der Waals surface area contributed by atoms with E-state index in [1.807, 2.05) is 0 Å². The van der Waals surface area contributed by atoms with E-state index < -0.39 is 30.3 Å². The second-order valence-corrected chi connectivity index (χ2v) is 7.75. The summed E-state index contributed by atoms with van der Waals surface area (Å²) in [6, 6.07) is 10.8. The Labute approximate surface area is 188 Å². The Balaban J connectivity index is 1.68. The molecule has 3 rings (SSSR count). The molecule has 10 heteroatoms. The lowest BCUT2D eigenvalue weighted by Gasteiger charge is -2.18. The third-order valence-electron chi connectivity index (χ3n) is 5.32. The number of carbonyl (C=O) groups is 2. The van der Waals surface area contributed by atoms with Crippen molar-refractivity contribution in [3.05, 3.63) is 54.1 Å². The molecule has 0 radical (unpaired) electrons. The van der Waals surface area contributed by atoms with E-state index in [1.54, 1.807) is 6.92 Å². The zero-order chi connectivity index (χ0) is 24.2. The van der Waals surface area contributed by atoms with Gasteiger partial charge in [-0.2, -0.15) is 13.9 Å². The summed E-state index contributed by atoms with van der Waals surface area (Å²) in [6.07, 6.45) is 1.36. The van der Waals surface area contributed by atoms with Gasteiger partial charge < -0.3 is 10.1 Å². The van der Waals surface area contributed by atoms with Crippen molar-refractivity contribution >= 4 is 29.4 Å². The number of nitrogens with one attached hydrogen (secondary N) is 1. The van der Waals surface area contributed by atoms with Crippen molar-refractivity contribution in [1.29, 1.82) is 0 Å². The lowest BCUT2D eigenvalue weighted by molar-refractivity contribution is -0.117. The summed E-state index contributed by atoms with van der Waals surface area (Å²) in [4.78, 5) is 24.1. The van der Waals surface area contributed by atoms with Crippen LogP contribution >= 0.6 is 0 Å². The normalized spacial score (nSPS) is 15.2. The van der Waals surface area contributed by atoms with E-state index in [0.29, 0.717) is 19.3 Å². The maximum absolute atomic E-state index is 14.4. The van der Waals surface area contributed by atoms with Crippen molar-refractivity contribution in [3.8, 4) is 5.75 Å². The molecule has 0 heterocycles. The number of rotatable bonds is 10. The van der Waals surface area contributed by atoms with Crippen LogP contribution in [0.3, 0.4) is 0 Å². The maximum atomic E-state index is 14.4. The Bertz CT molecular complexity index is 1020. The van der Waals surface area contributed by atoms with Crippen molar-refractivity contribution in [2.45, 2.75) is 39.2 Å². The van der Waals surface area contributed by atoms with Crippen LogP contribution in [-0.4, -0.2) is 24.6 Å². The zero-order valence-corrected chi connectivity index (χ0v) is 18.0. The van der Waals surface area contributed by atoms with Crippen LogP contribution in [0, 0.1) is 11.8 Å². The highest BCUT2D eigenvalue weighted by molar-refractivity contribution is 6.08. The number of carbonyl (C=O) groups excluding carboxylic acids is 2. The molecule has 0 aromatic heterocycles. The fraction of sp³-hybridized carbons (Fsp3) is 0.348. The number of ether oxygens (including phenoxy) is 1. The van der Waals surface area contributed by atoms with Gasteiger partial charge in [-0.1, -0.05) is 12.1 Å². The standard InChI is InChI=1S/C23H23F4N3O3/c1-14(15(2)29-30(13-31)19-8-10-20(11-9-19)33-22(24)25)21(32)28-18-5-3-4-17(12-18)23(26,27)16-6-7-16/h3-5,8-14,16,22H,6-7H2,1-2H3,(H,28,32)/b29-15-. The average molecular weight is 465 g/mol. The molecule has 176 valence electrons. The highest BCUT2D eigenvalue weighted by Gasteiger charge is 2.47. The number of hydrogen-bond acceptors (Lipinski definition) is 4. The van der Waals surface area contributed by atoms with Gasteiger partial charge in [-0.05, 0) is 63.1 Å². The van der Waals surface area contributed by atoms with E-state index in [1.165, 1.54) is 55.5 Å². The zero-order valence-electron chi connectivity index (χ0n) is 18.0. The van der Waals surface area contributed by atoms with Gasteiger partial charge in [0, 0.05) is 22.9 Å². The number of nitrogens with zero attached hydrogens (tertiary/aromatic N) is 2. The van der Waals surface area contributed by atoms with Gasteiger partial charge in [-0.15, -0.1) is 0 Å². The summed E-state index contributed by atoms with van der Waals surface area (Å²) in [6.45, 7) is 0.116. The molecule has 1 aliphatic rings. The van der Waals surface area contributed by atoms with Crippen LogP contribution in [0.2, 0.25) is 0 Å². The third kappa shape index (κ3) is 6.09. The second kappa shape index (κ2) is 10.0. The molecule has 2 aromatic carbocycles. The fourth-order valence-electron chi connectivity index (χ4n) is 3.11. The Hall–Kier alpha value is -3.43. The predicted molar refractivity (Wildman–Crippen MR) is 116 cm³/mol. The van der Waals surface area contributed by atoms with Crippen LogP contribution in [-0.2, 0) is 15.5 Å². The summed E-state index contributed by atoms with van der Waals surface area (Å²) in [5.41, 5.74) is 0.632. The maximum Gasteiger partial charge on any atom is 0.387 e. The van der Waals surface area contributed by atoms with Crippen molar-refractivity contribution in [1.82, 2.24) is 0 Å². The third-order valence-corrected chi connectivity index (χ3v) is 5.32.